The van der Waals surface area contributed by atoms with Crippen LogP contribution in [0.4, 0.5) is 0 Å². The number of carbonyl (C=O) groups excluding carboxylic acids is 3. The molecule has 6 heteroatoms. The monoisotopic (exact) mass is 851 g/mol. The summed E-state index contributed by atoms with van der Waals surface area (Å²) in [5.74, 6) is -0.903. The van der Waals surface area contributed by atoms with E-state index >= 15 is 0 Å². The third kappa shape index (κ3) is 47.7. The third-order valence-corrected chi connectivity index (χ3v) is 10.7. The molecule has 6 nitrogen and oxygen atoms in total. The van der Waals surface area contributed by atoms with Gasteiger partial charge in [0.15, 0.2) is 6.10 Å². The van der Waals surface area contributed by atoms with Crippen LogP contribution in [0.25, 0.3) is 0 Å². The molecule has 0 aliphatic carbocycles. The maximum atomic E-state index is 12.8. The van der Waals surface area contributed by atoms with Gasteiger partial charge in [-0.3, -0.25) is 14.4 Å². The summed E-state index contributed by atoms with van der Waals surface area (Å²) in [6.45, 7) is 6.38. The molecule has 0 radical (unpaired) electrons. The smallest absolute Gasteiger partial charge is 0.306 e. The molecule has 0 bridgehead atoms. The summed E-state index contributed by atoms with van der Waals surface area (Å²) in [5.41, 5.74) is 0. The zero-order valence-electron chi connectivity index (χ0n) is 39.9. The fourth-order valence-electron chi connectivity index (χ4n) is 6.94. The lowest BCUT2D eigenvalue weighted by molar-refractivity contribution is -0.167. The molecule has 0 N–H and O–H groups in total. The molecule has 0 spiro atoms. The number of carbonyl (C=O) groups is 3. The summed E-state index contributed by atoms with van der Waals surface area (Å²) >= 11 is 0. The Bertz CT molecular complexity index is 1160. The summed E-state index contributed by atoms with van der Waals surface area (Å²) in [6.07, 6.45) is 61.7. The van der Waals surface area contributed by atoms with Crippen molar-refractivity contribution in [1.29, 1.82) is 0 Å². The van der Waals surface area contributed by atoms with Crippen LogP contribution in [0.2, 0.25) is 0 Å². The fourth-order valence-corrected chi connectivity index (χ4v) is 6.94. The van der Waals surface area contributed by atoms with Crippen molar-refractivity contribution < 1.29 is 28.6 Å². The van der Waals surface area contributed by atoms with Crippen LogP contribution in [-0.2, 0) is 28.6 Å². The predicted octanol–water partition coefficient (Wildman–Crippen LogP) is 16.6. The van der Waals surface area contributed by atoms with E-state index in [-0.39, 0.29) is 31.1 Å². The van der Waals surface area contributed by atoms with Gasteiger partial charge in [0.2, 0.25) is 0 Å². The Morgan fingerprint density at radius 2 is 0.639 bits per heavy atom. The van der Waals surface area contributed by atoms with Gasteiger partial charge in [-0.15, -0.1) is 0 Å². The van der Waals surface area contributed by atoms with E-state index in [4.69, 9.17) is 14.2 Å². The molecule has 0 rings (SSSR count). The van der Waals surface area contributed by atoms with Gasteiger partial charge < -0.3 is 14.2 Å². The van der Waals surface area contributed by atoms with E-state index in [1.54, 1.807) is 0 Å². The van der Waals surface area contributed by atoms with Gasteiger partial charge >= 0.3 is 17.9 Å². The highest BCUT2D eigenvalue weighted by molar-refractivity contribution is 5.71. The van der Waals surface area contributed by atoms with Crippen molar-refractivity contribution in [3.8, 4) is 0 Å². The highest BCUT2D eigenvalue weighted by Gasteiger charge is 2.19. The Labute approximate surface area is 376 Å². The van der Waals surface area contributed by atoms with E-state index in [0.29, 0.717) is 19.3 Å². The number of rotatable bonds is 45. The molecule has 1 unspecified atom stereocenters. The SMILES string of the molecule is CC/C=C\C/C=C\C/C=C\CCCCCCCCCC(=O)OCC(COC(=O)CCCCCCCCCCC)OC(=O)CCCCCCCCC/C=C\C/C=C\C/C=C\CC. The Balaban J connectivity index is 4.35. The van der Waals surface area contributed by atoms with E-state index in [2.05, 4.69) is 93.7 Å². The van der Waals surface area contributed by atoms with Crippen LogP contribution in [0.15, 0.2) is 72.9 Å². The maximum Gasteiger partial charge on any atom is 0.306 e. The first-order chi connectivity index (χ1) is 30.0. The highest BCUT2D eigenvalue weighted by Crippen LogP contribution is 2.14. The topological polar surface area (TPSA) is 78.9 Å². The normalized spacial score (nSPS) is 12.6. The zero-order valence-corrected chi connectivity index (χ0v) is 39.9. The Morgan fingerprint density at radius 1 is 0.344 bits per heavy atom. The average Bonchev–Trinajstić information content (AvgIpc) is 3.26. The number of ether oxygens (including phenoxy) is 3. The number of hydrogen-bond acceptors (Lipinski definition) is 6. The molecular weight excluding hydrogens is 757 g/mol. The Morgan fingerprint density at radius 3 is 1.00 bits per heavy atom. The molecule has 0 amide bonds. The minimum Gasteiger partial charge on any atom is -0.462 e. The number of allylic oxidation sites excluding steroid dienone is 12. The zero-order chi connectivity index (χ0) is 44.4. The largest absolute Gasteiger partial charge is 0.462 e. The molecular formula is C55H94O6. The standard InChI is InChI=1S/C55H94O6/c1-4-7-10-13-16-19-21-23-25-27-29-31-33-36-39-42-45-48-54(57)60-51-52(50-59-53(56)47-44-41-38-35-18-15-12-9-6-3)61-55(58)49-46-43-40-37-34-32-30-28-26-24-22-20-17-14-11-8-5-2/h7-8,10-11,16-17,19-20,23-26,52H,4-6,9,12-15,18,21-22,27-51H2,1-3H3/b10-7-,11-8-,19-16-,20-17-,25-23-,26-24-. The lowest BCUT2D eigenvalue weighted by Gasteiger charge is -2.18. The molecule has 0 aromatic heterocycles. The van der Waals surface area contributed by atoms with Crippen LogP contribution >= 0.6 is 0 Å². The fraction of sp³-hybridized carbons (Fsp3) is 0.727. The van der Waals surface area contributed by atoms with E-state index in [0.717, 1.165) is 109 Å². The van der Waals surface area contributed by atoms with Crippen LogP contribution in [0, 0.1) is 0 Å². The van der Waals surface area contributed by atoms with Gasteiger partial charge in [0, 0.05) is 19.3 Å². The van der Waals surface area contributed by atoms with Crippen molar-refractivity contribution >= 4 is 17.9 Å². The molecule has 350 valence electrons. The number of hydrogen-bond donors (Lipinski definition) is 0. The number of esters is 3. The lowest BCUT2D eigenvalue weighted by atomic mass is 10.1. The minimum absolute atomic E-state index is 0.0818. The van der Waals surface area contributed by atoms with Gasteiger partial charge in [0.25, 0.3) is 0 Å². The van der Waals surface area contributed by atoms with Crippen molar-refractivity contribution in [3.63, 3.8) is 0 Å². The van der Waals surface area contributed by atoms with Gasteiger partial charge in [0.05, 0.1) is 0 Å². The molecule has 0 aromatic carbocycles. The highest BCUT2D eigenvalue weighted by atomic mass is 16.6. The summed E-state index contributed by atoms with van der Waals surface area (Å²) in [4.78, 5) is 37.9. The molecule has 0 saturated heterocycles. The van der Waals surface area contributed by atoms with E-state index < -0.39 is 6.10 Å². The molecule has 61 heavy (non-hydrogen) atoms. The van der Waals surface area contributed by atoms with Gasteiger partial charge in [-0.25, -0.2) is 0 Å². The lowest BCUT2D eigenvalue weighted by Crippen LogP contribution is -2.30. The minimum atomic E-state index is -0.782. The van der Waals surface area contributed by atoms with E-state index in [1.165, 1.54) is 89.9 Å². The first-order valence-corrected chi connectivity index (χ1v) is 25.4. The number of unbranched alkanes of at least 4 members (excludes halogenated alkanes) is 22. The second kappa shape index (κ2) is 49.5. The molecule has 0 saturated carbocycles. The van der Waals surface area contributed by atoms with Crippen molar-refractivity contribution in [2.75, 3.05) is 13.2 Å². The molecule has 0 aliphatic heterocycles. The molecule has 1 atom stereocenters. The van der Waals surface area contributed by atoms with Crippen molar-refractivity contribution in [3.05, 3.63) is 72.9 Å². The van der Waals surface area contributed by atoms with Crippen LogP contribution in [0.3, 0.4) is 0 Å². The van der Waals surface area contributed by atoms with Gasteiger partial charge in [-0.2, -0.15) is 0 Å². The van der Waals surface area contributed by atoms with Crippen LogP contribution in [-0.4, -0.2) is 37.2 Å². The Hall–Kier alpha value is -3.15. The summed E-state index contributed by atoms with van der Waals surface area (Å²) in [6, 6.07) is 0. The van der Waals surface area contributed by atoms with Crippen molar-refractivity contribution in [2.24, 2.45) is 0 Å². The Kier molecular flexibility index (Phi) is 46.9. The van der Waals surface area contributed by atoms with Crippen molar-refractivity contribution in [2.45, 2.75) is 245 Å². The van der Waals surface area contributed by atoms with Crippen LogP contribution in [0.1, 0.15) is 239 Å². The maximum absolute atomic E-state index is 12.8. The van der Waals surface area contributed by atoms with Crippen LogP contribution < -0.4 is 0 Å². The third-order valence-electron chi connectivity index (χ3n) is 10.7. The molecule has 0 fully saturated rings. The second-order valence-electron chi connectivity index (χ2n) is 16.7. The predicted molar refractivity (Wildman–Crippen MR) is 261 cm³/mol. The molecule has 0 aliphatic rings. The van der Waals surface area contributed by atoms with E-state index in [1.807, 2.05) is 0 Å². The first kappa shape index (κ1) is 57.9. The average molecular weight is 851 g/mol. The van der Waals surface area contributed by atoms with E-state index in [9.17, 15) is 14.4 Å². The summed E-state index contributed by atoms with van der Waals surface area (Å²) in [5, 5.41) is 0. The summed E-state index contributed by atoms with van der Waals surface area (Å²) < 4.78 is 16.8. The molecule has 0 heterocycles. The van der Waals surface area contributed by atoms with Crippen LogP contribution in [0.5, 0.6) is 0 Å². The second-order valence-corrected chi connectivity index (χ2v) is 16.7. The quantitative estimate of drug-likeness (QED) is 0.0263. The van der Waals surface area contributed by atoms with Gasteiger partial charge in [-0.1, -0.05) is 209 Å². The summed E-state index contributed by atoms with van der Waals surface area (Å²) in [7, 11) is 0. The van der Waals surface area contributed by atoms with Gasteiger partial charge in [0.1, 0.15) is 13.2 Å². The van der Waals surface area contributed by atoms with Crippen molar-refractivity contribution in [1.82, 2.24) is 0 Å². The molecule has 0 aromatic rings. The first-order valence-electron chi connectivity index (χ1n) is 25.4. The van der Waals surface area contributed by atoms with Gasteiger partial charge in [-0.05, 0) is 83.5 Å².